The summed E-state index contributed by atoms with van der Waals surface area (Å²) in [6.07, 6.45) is 1.82. The Kier molecular flexibility index (Phi) is 3.40. The van der Waals surface area contributed by atoms with E-state index in [2.05, 4.69) is 4.98 Å². The molecule has 0 radical (unpaired) electrons. The van der Waals surface area contributed by atoms with Crippen LogP contribution in [0.2, 0.25) is 0 Å². The average Bonchev–Trinajstić information content (AvgIpc) is 2.39. The van der Waals surface area contributed by atoms with Crippen LogP contribution in [-0.4, -0.2) is 12.1 Å². The van der Waals surface area contributed by atoms with Crippen molar-refractivity contribution in [2.75, 3.05) is 7.11 Å². The minimum atomic E-state index is -0.168. The Morgan fingerprint density at radius 1 is 1.18 bits per heavy atom. The first-order valence-electron chi connectivity index (χ1n) is 5.53. The molecule has 1 aromatic carbocycles. The van der Waals surface area contributed by atoms with Crippen molar-refractivity contribution < 1.29 is 4.74 Å². The van der Waals surface area contributed by atoms with E-state index in [-0.39, 0.29) is 6.04 Å². The van der Waals surface area contributed by atoms with Crippen LogP contribution < -0.4 is 10.5 Å². The SMILES string of the molecule is COc1cccc(C(N)c2ccc(C)nc2)c1. The van der Waals surface area contributed by atoms with Gasteiger partial charge in [0.25, 0.3) is 0 Å². The quantitative estimate of drug-likeness (QED) is 0.877. The van der Waals surface area contributed by atoms with E-state index < -0.39 is 0 Å². The van der Waals surface area contributed by atoms with E-state index >= 15 is 0 Å². The normalized spacial score (nSPS) is 12.2. The van der Waals surface area contributed by atoms with E-state index in [0.717, 1.165) is 22.6 Å². The molecule has 88 valence electrons. The highest BCUT2D eigenvalue weighted by atomic mass is 16.5. The number of aryl methyl sites for hydroxylation is 1. The maximum atomic E-state index is 6.19. The van der Waals surface area contributed by atoms with Crippen LogP contribution in [0.4, 0.5) is 0 Å². The summed E-state index contributed by atoms with van der Waals surface area (Å²) < 4.78 is 5.19. The third-order valence-corrected chi connectivity index (χ3v) is 2.75. The monoisotopic (exact) mass is 228 g/mol. The van der Waals surface area contributed by atoms with Crippen molar-refractivity contribution in [2.24, 2.45) is 5.73 Å². The minimum Gasteiger partial charge on any atom is -0.497 e. The fraction of sp³-hybridized carbons (Fsp3) is 0.214. The molecule has 0 saturated carbocycles. The number of rotatable bonds is 3. The summed E-state index contributed by atoms with van der Waals surface area (Å²) in [5.41, 5.74) is 9.21. The molecular weight excluding hydrogens is 212 g/mol. The topological polar surface area (TPSA) is 48.1 Å². The van der Waals surface area contributed by atoms with E-state index in [9.17, 15) is 0 Å². The first-order valence-corrected chi connectivity index (χ1v) is 5.53. The van der Waals surface area contributed by atoms with Crippen LogP contribution in [0.3, 0.4) is 0 Å². The zero-order valence-electron chi connectivity index (χ0n) is 10.1. The van der Waals surface area contributed by atoms with Crippen LogP contribution in [0.5, 0.6) is 5.75 Å². The van der Waals surface area contributed by atoms with Gasteiger partial charge >= 0.3 is 0 Å². The average molecular weight is 228 g/mol. The number of nitrogens with two attached hydrogens (primary N) is 1. The third-order valence-electron chi connectivity index (χ3n) is 2.75. The van der Waals surface area contributed by atoms with E-state index in [1.165, 1.54) is 0 Å². The molecule has 0 aliphatic carbocycles. The highest BCUT2D eigenvalue weighted by Gasteiger charge is 2.09. The Balaban J connectivity index is 2.29. The summed E-state index contributed by atoms with van der Waals surface area (Å²) in [7, 11) is 1.65. The maximum absolute atomic E-state index is 6.19. The lowest BCUT2D eigenvalue weighted by atomic mass is 10.0. The molecule has 2 N–H and O–H groups in total. The van der Waals surface area contributed by atoms with Gasteiger partial charge in [-0.05, 0) is 36.2 Å². The molecule has 0 saturated heterocycles. The van der Waals surface area contributed by atoms with Crippen molar-refractivity contribution in [3.8, 4) is 5.75 Å². The summed E-state index contributed by atoms with van der Waals surface area (Å²) in [6.45, 7) is 1.96. The van der Waals surface area contributed by atoms with Crippen LogP contribution in [0.25, 0.3) is 0 Å². The lowest BCUT2D eigenvalue weighted by Gasteiger charge is -2.13. The second kappa shape index (κ2) is 4.97. The fourth-order valence-electron chi connectivity index (χ4n) is 1.69. The molecule has 1 unspecified atom stereocenters. The zero-order valence-corrected chi connectivity index (χ0v) is 10.1. The molecule has 1 heterocycles. The van der Waals surface area contributed by atoms with Gasteiger partial charge in [0, 0.05) is 11.9 Å². The van der Waals surface area contributed by atoms with Gasteiger partial charge in [-0.15, -0.1) is 0 Å². The summed E-state index contributed by atoms with van der Waals surface area (Å²) >= 11 is 0. The molecular formula is C14H16N2O. The van der Waals surface area contributed by atoms with Gasteiger partial charge in [-0.3, -0.25) is 4.98 Å². The number of aromatic nitrogens is 1. The zero-order chi connectivity index (χ0) is 12.3. The number of hydrogen-bond donors (Lipinski definition) is 1. The van der Waals surface area contributed by atoms with Crippen LogP contribution in [0, 0.1) is 6.92 Å². The Hall–Kier alpha value is -1.87. The molecule has 0 spiro atoms. The molecule has 2 rings (SSSR count). The van der Waals surface area contributed by atoms with Gasteiger partial charge in [0.15, 0.2) is 0 Å². The molecule has 2 aromatic rings. The van der Waals surface area contributed by atoms with Crippen molar-refractivity contribution in [1.82, 2.24) is 4.98 Å². The second-order valence-electron chi connectivity index (χ2n) is 3.99. The van der Waals surface area contributed by atoms with Gasteiger partial charge in [-0.1, -0.05) is 18.2 Å². The van der Waals surface area contributed by atoms with Gasteiger partial charge in [-0.25, -0.2) is 0 Å². The van der Waals surface area contributed by atoms with E-state index in [1.54, 1.807) is 7.11 Å². The van der Waals surface area contributed by atoms with E-state index in [1.807, 2.05) is 49.5 Å². The van der Waals surface area contributed by atoms with E-state index in [4.69, 9.17) is 10.5 Å². The number of benzene rings is 1. The molecule has 1 atom stereocenters. The summed E-state index contributed by atoms with van der Waals surface area (Å²) in [5.74, 6) is 0.818. The number of nitrogens with zero attached hydrogens (tertiary/aromatic N) is 1. The molecule has 0 bridgehead atoms. The Morgan fingerprint density at radius 3 is 2.65 bits per heavy atom. The fourth-order valence-corrected chi connectivity index (χ4v) is 1.69. The van der Waals surface area contributed by atoms with Crippen molar-refractivity contribution >= 4 is 0 Å². The third kappa shape index (κ3) is 2.63. The van der Waals surface area contributed by atoms with Gasteiger partial charge in [-0.2, -0.15) is 0 Å². The molecule has 1 aromatic heterocycles. The van der Waals surface area contributed by atoms with Crippen LogP contribution in [0.15, 0.2) is 42.6 Å². The highest BCUT2D eigenvalue weighted by molar-refractivity contribution is 5.35. The summed E-state index contributed by atoms with van der Waals surface area (Å²) in [4.78, 5) is 4.26. The number of hydrogen-bond acceptors (Lipinski definition) is 3. The predicted molar refractivity (Wildman–Crippen MR) is 68.0 cm³/mol. The second-order valence-corrected chi connectivity index (χ2v) is 3.99. The molecule has 0 amide bonds. The molecule has 0 aliphatic rings. The molecule has 3 nitrogen and oxygen atoms in total. The predicted octanol–water partition coefficient (Wildman–Crippen LogP) is 2.45. The van der Waals surface area contributed by atoms with Gasteiger partial charge in [0.05, 0.1) is 13.2 Å². The van der Waals surface area contributed by atoms with Crippen molar-refractivity contribution in [3.63, 3.8) is 0 Å². The van der Waals surface area contributed by atoms with Crippen LogP contribution >= 0.6 is 0 Å². The minimum absolute atomic E-state index is 0.168. The lowest BCUT2D eigenvalue weighted by Crippen LogP contribution is -2.12. The molecule has 3 heteroatoms. The molecule has 17 heavy (non-hydrogen) atoms. The standard InChI is InChI=1S/C14H16N2O/c1-10-6-7-12(9-16-10)14(15)11-4-3-5-13(8-11)17-2/h3-9,14H,15H2,1-2H3. The van der Waals surface area contributed by atoms with Crippen molar-refractivity contribution in [1.29, 1.82) is 0 Å². The van der Waals surface area contributed by atoms with Gasteiger partial charge < -0.3 is 10.5 Å². The first-order chi connectivity index (χ1) is 8.20. The van der Waals surface area contributed by atoms with Gasteiger partial charge in [0.1, 0.15) is 5.75 Å². The maximum Gasteiger partial charge on any atom is 0.119 e. The smallest absolute Gasteiger partial charge is 0.119 e. The Morgan fingerprint density at radius 2 is 2.00 bits per heavy atom. The number of ether oxygens (including phenoxy) is 1. The highest BCUT2D eigenvalue weighted by Crippen LogP contribution is 2.22. The lowest BCUT2D eigenvalue weighted by molar-refractivity contribution is 0.414. The Labute approximate surface area is 101 Å². The van der Waals surface area contributed by atoms with Crippen LogP contribution in [0.1, 0.15) is 22.9 Å². The molecule has 0 aliphatic heterocycles. The summed E-state index contributed by atoms with van der Waals surface area (Å²) in [5, 5.41) is 0. The summed E-state index contributed by atoms with van der Waals surface area (Å²) in [6, 6.07) is 11.6. The Bertz CT molecular complexity index is 494. The van der Waals surface area contributed by atoms with Crippen LogP contribution in [-0.2, 0) is 0 Å². The largest absolute Gasteiger partial charge is 0.497 e. The number of pyridine rings is 1. The van der Waals surface area contributed by atoms with Crippen molar-refractivity contribution in [2.45, 2.75) is 13.0 Å². The first kappa shape index (κ1) is 11.6. The van der Waals surface area contributed by atoms with Crippen molar-refractivity contribution in [3.05, 3.63) is 59.4 Å². The van der Waals surface area contributed by atoms with E-state index in [0.29, 0.717) is 0 Å². The van der Waals surface area contributed by atoms with Gasteiger partial charge in [0.2, 0.25) is 0 Å². The molecule has 0 fully saturated rings. The number of methoxy groups -OCH3 is 1.